The first-order valence-electron chi connectivity index (χ1n) is 11.4. The summed E-state index contributed by atoms with van der Waals surface area (Å²) in [5, 5.41) is 1.48. The molecule has 0 spiro atoms. The number of hydrogen-bond donors (Lipinski definition) is 1. The van der Waals surface area contributed by atoms with Gasteiger partial charge in [-0.15, -0.1) is 11.3 Å². The molecule has 1 aromatic heterocycles. The molecule has 0 unspecified atom stereocenters. The topological polar surface area (TPSA) is 62.1 Å². The molecule has 32 heavy (non-hydrogen) atoms. The Labute approximate surface area is 195 Å². The number of halogens is 1. The third-order valence-corrected chi connectivity index (χ3v) is 9.40. The molecule has 2 aliphatic heterocycles. The number of allylic oxidation sites excluding steroid dienone is 2. The summed E-state index contributed by atoms with van der Waals surface area (Å²) in [6.07, 6.45) is 5.22. The Morgan fingerprint density at radius 1 is 1.06 bits per heavy atom. The normalized spacial score (nSPS) is 29.5. The van der Waals surface area contributed by atoms with E-state index in [4.69, 9.17) is 11.6 Å². The number of rotatable bonds is 4. The molecule has 166 valence electrons. The van der Waals surface area contributed by atoms with Crippen molar-refractivity contribution in [3.63, 3.8) is 0 Å². The monoisotopic (exact) mass is 470 g/mol. The molecular formula is C24H25ClN3O3S+. The molecule has 2 bridgehead atoms. The van der Waals surface area contributed by atoms with E-state index in [-0.39, 0.29) is 41.4 Å². The number of benzene rings is 1. The zero-order valence-electron chi connectivity index (χ0n) is 17.6. The summed E-state index contributed by atoms with van der Waals surface area (Å²) in [5.74, 6) is 0.342. The van der Waals surface area contributed by atoms with Gasteiger partial charge in [-0.1, -0.05) is 42.0 Å². The molecule has 6 nitrogen and oxygen atoms in total. The molecule has 2 aliphatic carbocycles. The standard InChI is InChI=1S/C24H24ClN3O3S/c25-20-16-3-1-2-4-17(16)32-21(20)24(31)27-10-7-26(8-11-27)9-12-28-22(29)18-14-5-6-15(13-14)19(18)23(28)30/h1-6,14-15,18-19H,7-13H2/p+1/t14-,15-,18-,19+/m0/s1. The largest absolute Gasteiger partial charge is 0.331 e. The van der Waals surface area contributed by atoms with Crippen LogP contribution in [0.25, 0.3) is 10.1 Å². The number of quaternary nitrogens is 1. The molecule has 3 heterocycles. The van der Waals surface area contributed by atoms with Crippen molar-refractivity contribution in [3.05, 3.63) is 46.3 Å². The summed E-state index contributed by atoms with van der Waals surface area (Å²) in [4.78, 5) is 44.1. The number of thiophene rings is 1. The van der Waals surface area contributed by atoms with Gasteiger partial charge in [0.1, 0.15) is 4.88 Å². The Bertz CT molecular complexity index is 1120. The van der Waals surface area contributed by atoms with Crippen LogP contribution < -0.4 is 4.90 Å². The summed E-state index contributed by atoms with van der Waals surface area (Å²) in [6, 6.07) is 7.82. The fourth-order valence-corrected chi connectivity index (χ4v) is 7.51. The first kappa shape index (κ1) is 20.4. The van der Waals surface area contributed by atoms with Crippen LogP contribution in [0.5, 0.6) is 0 Å². The number of carbonyl (C=O) groups excluding carboxylic acids is 3. The van der Waals surface area contributed by atoms with Gasteiger partial charge in [-0.3, -0.25) is 19.3 Å². The van der Waals surface area contributed by atoms with E-state index in [9.17, 15) is 14.4 Å². The second-order valence-electron chi connectivity index (χ2n) is 9.36. The smallest absolute Gasteiger partial charge is 0.265 e. The van der Waals surface area contributed by atoms with Crippen LogP contribution in [-0.2, 0) is 9.59 Å². The molecule has 2 saturated heterocycles. The third-order valence-electron chi connectivity index (χ3n) is 7.74. The fraction of sp³-hybridized carbons (Fsp3) is 0.458. The van der Waals surface area contributed by atoms with Gasteiger partial charge in [0.05, 0.1) is 56.1 Å². The van der Waals surface area contributed by atoms with Crippen molar-refractivity contribution >= 4 is 50.7 Å². The van der Waals surface area contributed by atoms with E-state index in [1.807, 2.05) is 29.2 Å². The van der Waals surface area contributed by atoms with Crippen molar-refractivity contribution in [3.8, 4) is 0 Å². The van der Waals surface area contributed by atoms with Crippen LogP contribution in [0.3, 0.4) is 0 Å². The average Bonchev–Trinajstić information content (AvgIpc) is 3.56. The minimum atomic E-state index is -0.118. The van der Waals surface area contributed by atoms with Crippen molar-refractivity contribution in [2.45, 2.75) is 6.42 Å². The number of hydrogen-bond acceptors (Lipinski definition) is 4. The van der Waals surface area contributed by atoms with Crippen LogP contribution in [0.15, 0.2) is 36.4 Å². The van der Waals surface area contributed by atoms with E-state index in [0.717, 1.165) is 36.1 Å². The quantitative estimate of drug-likeness (QED) is 0.546. The average molecular weight is 471 g/mol. The molecule has 3 fully saturated rings. The molecule has 4 aliphatic rings. The van der Waals surface area contributed by atoms with Gasteiger partial charge in [0.2, 0.25) is 11.8 Å². The predicted octanol–water partition coefficient (Wildman–Crippen LogP) is 1.70. The number of imide groups is 1. The number of fused-ring (bicyclic) bond motifs is 6. The molecule has 8 heteroatoms. The van der Waals surface area contributed by atoms with Crippen molar-refractivity contribution in [1.82, 2.24) is 9.80 Å². The molecule has 3 amide bonds. The van der Waals surface area contributed by atoms with Crippen LogP contribution in [-0.4, -0.2) is 66.8 Å². The molecule has 1 N–H and O–H groups in total. The zero-order chi connectivity index (χ0) is 22.0. The van der Waals surface area contributed by atoms with Gasteiger partial charge in [0, 0.05) is 10.1 Å². The highest BCUT2D eigenvalue weighted by Gasteiger charge is 2.59. The van der Waals surface area contributed by atoms with E-state index in [1.165, 1.54) is 21.1 Å². The number of nitrogens with one attached hydrogen (secondary N) is 1. The highest BCUT2D eigenvalue weighted by atomic mass is 35.5. The van der Waals surface area contributed by atoms with Crippen LogP contribution in [0, 0.1) is 23.7 Å². The molecule has 6 rings (SSSR count). The molecular weight excluding hydrogens is 446 g/mol. The van der Waals surface area contributed by atoms with E-state index in [0.29, 0.717) is 29.5 Å². The van der Waals surface area contributed by atoms with Gasteiger partial charge < -0.3 is 9.80 Å². The zero-order valence-corrected chi connectivity index (χ0v) is 19.2. The van der Waals surface area contributed by atoms with Gasteiger partial charge >= 0.3 is 0 Å². The van der Waals surface area contributed by atoms with Crippen molar-refractivity contribution in [1.29, 1.82) is 0 Å². The maximum atomic E-state index is 13.1. The number of nitrogens with zero attached hydrogens (tertiary/aromatic N) is 2. The first-order chi connectivity index (χ1) is 15.5. The van der Waals surface area contributed by atoms with Crippen LogP contribution in [0.1, 0.15) is 16.1 Å². The minimum absolute atomic E-state index is 0.00375. The van der Waals surface area contributed by atoms with Gasteiger partial charge in [-0.2, -0.15) is 0 Å². The first-order valence-corrected chi connectivity index (χ1v) is 12.6. The highest BCUT2D eigenvalue weighted by molar-refractivity contribution is 7.21. The minimum Gasteiger partial charge on any atom is -0.331 e. The Morgan fingerprint density at radius 3 is 2.38 bits per heavy atom. The van der Waals surface area contributed by atoms with Crippen molar-refractivity contribution in [2.24, 2.45) is 23.7 Å². The molecule has 1 saturated carbocycles. The maximum Gasteiger partial charge on any atom is 0.265 e. The third kappa shape index (κ3) is 3.05. The van der Waals surface area contributed by atoms with Gasteiger partial charge in [-0.05, 0) is 24.3 Å². The number of carbonyl (C=O) groups is 3. The maximum absolute atomic E-state index is 13.1. The molecule has 2 aromatic rings. The summed E-state index contributed by atoms with van der Waals surface area (Å²) < 4.78 is 1.03. The summed E-state index contributed by atoms with van der Waals surface area (Å²) in [5.41, 5.74) is 0. The molecule has 0 radical (unpaired) electrons. The van der Waals surface area contributed by atoms with Crippen LogP contribution in [0.2, 0.25) is 5.02 Å². The second-order valence-corrected chi connectivity index (χ2v) is 10.8. The Hall–Kier alpha value is -2.22. The lowest BCUT2D eigenvalue weighted by Gasteiger charge is -2.32. The van der Waals surface area contributed by atoms with E-state index < -0.39 is 0 Å². The van der Waals surface area contributed by atoms with Gasteiger partial charge in [-0.25, -0.2) is 0 Å². The van der Waals surface area contributed by atoms with Gasteiger partial charge in [0.15, 0.2) is 0 Å². The van der Waals surface area contributed by atoms with E-state index in [1.54, 1.807) is 0 Å². The fourth-order valence-electron chi connectivity index (χ4n) is 6.03. The lowest BCUT2D eigenvalue weighted by Crippen LogP contribution is -3.15. The Kier molecular flexibility index (Phi) is 4.89. The second kappa shape index (κ2) is 7.68. The van der Waals surface area contributed by atoms with Crippen molar-refractivity contribution in [2.75, 3.05) is 39.3 Å². The number of likely N-dealkylation sites (tertiary alicyclic amines) is 1. The lowest BCUT2D eigenvalue weighted by molar-refractivity contribution is -0.903. The Morgan fingerprint density at radius 2 is 1.72 bits per heavy atom. The SMILES string of the molecule is O=C(c1sc2ccccc2c1Cl)N1CC[NH+](CCN2C(=O)[C@@H]3[C@H](C2=O)[C@H]2C=C[C@H]3C2)CC1. The number of amides is 3. The highest BCUT2D eigenvalue weighted by Crippen LogP contribution is 2.52. The van der Waals surface area contributed by atoms with Crippen molar-refractivity contribution < 1.29 is 19.3 Å². The van der Waals surface area contributed by atoms with Gasteiger partial charge in [0.25, 0.3) is 5.91 Å². The Balaban J connectivity index is 1.05. The predicted molar refractivity (Wildman–Crippen MR) is 123 cm³/mol. The summed E-state index contributed by atoms with van der Waals surface area (Å²) in [6.45, 7) is 4.15. The molecule has 1 aromatic carbocycles. The summed E-state index contributed by atoms with van der Waals surface area (Å²) >= 11 is 7.95. The van der Waals surface area contributed by atoms with E-state index >= 15 is 0 Å². The van der Waals surface area contributed by atoms with E-state index in [2.05, 4.69) is 12.2 Å². The summed E-state index contributed by atoms with van der Waals surface area (Å²) in [7, 11) is 0. The molecule has 4 atom stereocenters. The lowest BCUT2D eigenvalue weighted by atomic mass is 9.85. The van der Waals surface area contributed by atoms with Crippen LogP contribution in [0.4, 0.5) is 0 Å². The van der Waals surface area contributed by atoms with Crippen LogP contribution >= 0.6 is 22.9 Å². The number of piperazine rings is 1.